The molecule has 2 heterocycles. The maximum absolute atomic E-state index is 12.3. The Labute approximate surface area is 133 Å². The number of alkyl halides is 3. The number of hydrogen-bond donors (Lipinski definition) is 1. The minimum absolute atomic E-state index is 0.0508. The molecule has 0 atom stereocenters. The molecule has 1 aromatic carbocycles. The van der Waals surface area contributed by atoms with Crippen LogP contribution >= 0.6 is 11.8 Å². The second-order valence-corrected chi connectivity index (χ2v) is 7.54. The van der Waals surface area contributed by atoms with E-state index in [4.69, 9.17) is 0 Å². The zero-order valence-corrected chi connectivity index (χ0v) is 13.3. The monoisotopic (exact) mass is 330 g/mol. The van der Waals surface area contributed by atoms with Gasteiger partial charge in [-0.3, -0.25) is 4.90 Å². The second kappa shape index (κ2) is 6.42. The number of hydrogen-bond acceptors (Lipinski definition) is 3. The molecule has 6 heteroatoms. The van der Waals surface area contributed by atoms with Crippen LogP contribution in [0.5, 0.6) is 0 Å². The van der Waals surface area contributed by atoms with E-state index < -0.39 is 5.51 Å². The lowest BCUT2D eigenvalue weighted by Gasteiger charge is -2.33. The summed E-state index contributed by atoms with van der Waals surface area (Å²) in [5.41, 5.74) is -2.65. The summed E-state index contributed by atoms with van der Waals surface area (Å²) in [7, 11) is 0. The van der Waals surface area contributed by atoms with Gasteiger partial charge < -0.3 is 5.32 Å². The van der Waals surface area contributed by atoms with Gasteiger partial charge in [0.05, 0.1) is 0 Å². The predicted molar refractivity (Wildman–Crippen MR) is 82.8 cm³/mol. The summed E-state index contributed by atoms with van der Waals surface area (Å²) in [6.45, 7) is 5.27. The van der Waals surface area contributed by atoms with Gasteiger partial charge in [0.15, 0.2) is 0 Å². The third-order valence-corrected chi connectivity index (χ3v) is 5.48. The van der Waals surface area contributed by atoms with Crippen molar-refractivity contribution < 1.29 is 13.2 Å². The first-order valence-corrected chi connectivity index (χ1v) is 8.54. The van der Waals surface area contributed by atoms with Crippen molar-refractivity contribution in [2.24, 2.45) is 5.41 Å². The zero-order valence-electron chi connectivity index (χ0n) is 12.5. The fourth-order valence-electron chi connectivity index (χ4n) is 3.58. The van der Waals surface area contributed by atoms with E-state index in [-0.39, 0.29) is 16.7 Å². The lowest BCUT2D eigenvalue weighted by molar-refractivity contribution is -0.0328. The van der Waals surface area contributed by atoms with Gasteiger partial charge in [0, 0.05) is 18.0 Å². The lowest BCUT2D eigenvalue weighted by atomic mass is 9.78. The number of rotatable bonds is 3. The first-order valence-electron chi connectivity index (χ1n) is 7.72. The molecule has 3 rings (SSSR count). The third-order valence-electron chi connectivity index (χ3n) is 4.74. The number of nitrogens with zero attached hydrogens (tertiary/aromatic N) is 1. The molecule has 0 radical (unpaired) electrons. The molecular formula is C16H21F3N2S. The number of likely N-dealkylation sites (tertiary alicyclic amines) is 1. The quantitative estimate of drug-likeness (QED) is 0.847. The normalized spacial score (nSPS) is 22.3. The molecule has 1 aromatic rings. The summed E-state index contributed by atoms with van der Waals surface area (Å²) in [4.78, 5) is 2.70. The minimum atomic E-state index is -4.21. The van der Waals surface area contributed by atoms with Crippen LogP contribution in [0.4, 0.5) is 13.2 Å². The standard InChI is InChI=1S/C16H21F3N2S/c17-16(18,19)22-14-3-1-13(2-4-14)11-21-10-7-15(12-21)5-8-20-9-6-15/h1-4,20H,5-12H2. The Bertz CT molecular complexity index is 495. The van der Waals surface area contributed by atoms with E-state index in [0.717, 1.165) is 38.3 Å². The van der Waals surface area contributed by atoms with Crippen LogP contribution in [0.1, 0.15) is 24.8 Å². The van der Waals surface area contributed by atoms with Crippen LogP contribution in [0.15, 0.2) is 29.2 Å². The Hall–Kier alpha value is -0.720. The molecule has 0 saturated carbocycles. The van der Waals surface area contributed by atoms with Gasteiger partial charge in [-0.15, -0.1) is 0 Å². The van der Waals surface area contributed by atoms with Gasteiger partial charge in [-0.25, -0.2) is 0 Å². The van der Waals surface area contributed by atoms with Crippen molar-refractivity contribution in [1.82, 2.24) is 10.2 Å². The average molecular weight is 330 g/mol. The molecule has 0 aromatic heterocycles. The molecule has 1 spiro atoms. The summed E-state index contributed by atoms with van der Waals surface area (Å²) in [6, 6.07) is 6.79. The fraction of sp³-hybridized carbons (Fsp3) is 0.625. The first kappa shape index (κ1) is 16.1. The van der Waals surface area contributed by atoms with Crippen molar-refractivity contribution in [1.29, 1.82) is 0 Å². The van der Waals surface area contributed by atoms with Crippen LogP contribution < -0.4 is 5.32 Å². The van der Waals surface area contributed by atoms with Gasteiger partial charge in [0.1, 0.15) is 0 Å². The van der Waals surface area contributed by atoms with Crippen LogP contribution in [-0.4, -0.2) is 36.6 Å². The van der Waals surface area contributed by atoms with Crippen LogP contribution in [0.25, 0.3) is 0 Å². The van der Waals surface area contributed by atoms with E-state index >= 15 is 0 Å². The second-order valence-electron chi connectivity index (χ2n) is 6.40. The average Bonchev–Trinajstić information content (AvgIpc) is 2.83. The number of nitrogens with one attached hydrogen (secondary N) is 1. The number of piperidine rings is 1. The van der Waals surface area contributed by atoms with Crippen molar-refractivity contribution in [3.05, 3.63) is 29.8 Å². The van der Waals surface area contributed by atoms with E-state index in [0.29, 0.717) is 5.41 Å². The molecule has 0 amide bonds. The Morgan fingerprint density at radius 2 is 1.77 bits per heavy atom. The minimum Gasteiger partial charge on any atom is -0.317 e. The van der Waals surface area contributed by atoms with E-state index in [1.807, 2.05) is 12.1 Å². The predicted octanol–water partition coefficient (Wildman–Crippen LogP) is 3.87. The molecule has 122 valence electrons. The topological polar surface area (TPSA) is 15.3 Å². The number of halogens is 3. The van der Waals surface area contributed by atoms with Gasteiger partial charge in [-0.2, -0.15) is 13.2 Å². The number of thioether (sulfide) groups is 1. The van der Waals surface area contributed by atoms with Gasteiger partial charge in [-0.05, 0) is 73.8 Å². The zero-order chi connectivity index (χ0) is 15.6. The lowest BCUT2D eigenvalue weighted by Crippen LogP contribution is -2.38. The summed E-state index contributed by atoms with van der Waals surface area (Å²) < 4.78 is 37.0. The SMILES string of the molecule is FC(F)(F)Sc1ccc(CN2CCC3(CCNCC3)C2)cc1. The Morgan fingerprint density at radius 3 is 2.41 bits per heavy atom. The molecule has 2 aliphatic heterocycles. The maximum atomic E-state index is 12.3. The van der Waals surface area contributed by atoms with Gasteiger partial charge >= 0.3 is 5.51 Å². The van der Waals surface area contributed by atoms with Crippen molar-refractivity contribution in [3.8, 4) is 0 Å². The highest BCUT2D eigenvalue weighted by Gasteiger charge is 2.38. The summed E-state index contributed by atoms with van der Waals surface area (Å²) in [5, 5.41) is 3.41. The highest BCUT2D eigenvalue weighted by atomic mass is 32.2. The smallest absolute Gasteiger partial charge is 0.317 e. The van der Waals surface area contributed by atoms with Crippen LogP contribution in [0.2, 0.25) is 0 Å². The summed E-state index contributed by atoms with van der Waals surface area (Å²) in [5.74, 6) is 0. The molecular weight excluding hydrogens is 309 g/mol. The molecule has 0 aliphatic carbocycles. The van der Waals surface area contributed by atoms with Crippen molar-refractivity contribution in [3.63, 3.8) is 0 Å². The molecule has 0 bridgehead atoms. The largest absolute Gasteiger partial charge is 0.446 e. The van der Waals surface area contributed by atoms with E-state index in [9.17, 15) is 13.2 Å². The fourth-order valence-corrected chi connectivity index (χ4v) is 4.12. The summed E-state index contributed by atoms with van der Waals surface area (Å²) >= 11 is -0.0508. The highest BCUT2D eigenvalue weighted by Crippen LogP contribution is 2.39. The van der Waals surface area contributed by atoms with Gasteiger partial charge in [-0.1, -0.05) is 12.1 Å². The third kappa shape index (κ3) is 4.18. The van der Waals surface area contributed by atoms with Crippen molar-refractivity contribution in [2.75, 3.05) is 26.2 Å². The molecule has 1 N–H and O–H groups in total. The Morgan fingerprint density at radius 1 is 1.09 bits per heavy atom. The Balaban J connectivity index is 1.55. The molecule has 0 unspecified atom stereocenters. The summed E-state index contributed by atoms with van der Waals surface area (Å²) in [6.07, 6.45) is 3.73. The van der Waals surface area contributed by atoms with Gasteiger partial charge in [0.25, 0.3) is 0 Å². The number of benzene rings is 1. The van der Waals surface area contributed by atoms with Crippen LogP contribution in [0.3, 0.4) is 0 Å². The van der Waals surface area contributed by atoms with E-state index in [2.05, 4.69) is 10.2 Å². The Kier molecular flexibility index (Phi) is 4.71. The maximum Gasteiger partial charge on any atom is 0.446 e. The first-order chi connectivity index (χ1) is 10.4. The van der Waals surface area contributed by atoms with Crippen molar-refractivity contribution >= 4 is 11.8 Å². The van der Waals surface area contributed by atoms with E-state index in [1.165, 1.54) is 19.3 Å². The molecule has 22 heavy (non-hydrogen) atoms. The van der Waals surface area contributed by atoms with Gasteiger partial charge in [0.2, 0.25) is 0 Å². The molecule has 2 aliphatic rings. The van der Waals surface area contributed by atoms with Crippen LogP contribution in [-0.2, 0) is 6.54 Å². The molecule has 2 nitrogen and oxygen atoms in total. The van der Waals surface area contributed by atoms with Crippen LogP contribution in [0, 0.1) is 5.41 Å². The molecule has 2 saturated heterocycles. The molecule has 2 fully saturated rings. The van der Waals surface area contributed by atoms with Crippen molar-refractivity contribution in [2.45, 2.75) is 36.2 Å². The highest BCUT2D eigenvalue weighted by molar-refractivity contribution is 8.00. The van der Waals surface area contributed by atoms with E-state index in [1.54, 1.807) is 12.1 Å².